The maximum Gasteiger partial charge on any atom is 0.186 e. The van der Waals surface area contributed by atoms with Crippen molar-refractivity contribution in [2.24, 2.45) is 0 Å². The van der Waals surface area contributed by atoms with Crippen molar-refractivity contribution in [1.29, 1.82) is 0 Å². The van der Waals surface area contributed by atoms with Gasteiger partial charge in [-0.25, -0.2) is 9.37 Å². The monoisotopic (exact) mass is 417 g/mol. The Morgan fingerprint density at radius 3 is 2.60 bits per heavy atom. The van der Waals surface area contributed by atoms with Crippen LogP contribution in [0.4, 0.5) is 10.2 Å². The van der Waals surface area contributed by atoms with Gasteiger partial charge < -0.3 is 5.32 Å². The van der Waals surface area contributed by atoms with Crippen molar-refractivity contribution in [2.75, 3.05) is 5.32 Å². The number of para-hydroxylation sites is 1. The first-order valence-electron chi connectivity index (χ1n) is 9.52. The highest BCUT2D eigenvalue weighted by Crippen LogP contribution is 2.30. The van der Waals surface area contributed by atoms with Gasteiger partial charge in [0, 0.05) is 22.0 Å². The number of hydrogen-bond acceptors (Lipinski definition) is 4. The molecule has 5 aromatic rings. The van der Waals surface area contributed by atoms with Gasteiger partial charge in [-0.15, -0.1) is 5.10 Å². The van der Waals surface area contributed by atoms with Crippen molar-refractivity contribution in [3.05, 3.63) is 89.2 Å². The van der Waals surface area contributed by atoms with Crippen molar-refractivity contribution in [3.8, 4) is 11.3 Å². The fourth-order valence-corrected chi connectivity index (χ4v) is 3.73. The average Bonchev–Trinajstić information content (AvgIpc) is 3.18. The van der Waals surface area contributed by atoms with Crippen LogP contribution in [0.25, 0.3) is 27.8 Å². The molecule has 5 rings (SSSR count). The van der Waals surface area contributed by atoms with Gasteiger partial charge in [0.25, 0.3) is 0 Å². The molecule has 0 saturated heterocycles. The van der Waals surface area contributed by atoms with Crippen molar-refractivity contribution < 1.29 is 4.39 Å². The third kappa shape index (κ3) is 3.25. The minimum Gasteiger partial charge on any atom is -0.363 e. The first-order chi connectivity index (χ1) is 14.6. The van der Waals surface area contributed by atoms with Gasteiger partial charge in [-0.3, -0.25) is 0 Å². The highest BCUT2D eigenvalue weighted by molar-refractivity contribution is 6.30. The first-order valence-corrected chi connectivity index (χ1v) is 9.90. The van der Waals surface area contributed by atoms with E-state index in [0.29, 0.717) is 22.2 Å². The number of halogens is 2. The molecule has 148 valence electrons. The third-order valence-corrected chi connectivity index (χ3v) is 5.31. The molecule has 7 heteroatoms. The molecular formula is C23H17ClFN5. The summed E-state index contributed by atoms with van der Waals surface area (Å²) in [6, 6.07) is 21.7. The van der Waals surface area contributed by atoms with Crippen LogP contribution in [0, 0.1) is 5.82 Å². The molecule has 0 fully saturated rings. The molecular weight excluding hydrogens is 401 g/mol. The largest absolute Gasteiger partial charge is 0.363 e. The molecule has 0 saturated carbocycles. The standard InChI is InChI=1S/C23H17ClFN5/c1-14(15-9-11-18(25)12-10-15)26-22-19-7-2-3-8-20(19)30-23(27-22)21(28-29-30)16-5-4-6-17(24)13-16/h2-14H,1H3,(H,26,27)/t14-/m0/s1. The van der Waals surface area contributed by atoms with Crippen LogP contribution in [-0.2, 0) is 0 Å². The Kier molecular flexibility index (Phi) is 4.56. The Balaban J connectivity index is 1.66. The van der Waals surface area contributed by atoms with Gasteiger partial charge in [-0.2, -0.15) is 4.52 Å². The van der Waals surface area contributed by atoms with Gasteiger partial charge in [0.05, 0.1) is 5.52 Å². The van der Waals surface area contributed by atoms with Gasteiger partial charge in [0.2, 0.25) is 0 Å². The van der Waals surface area contributed by atoms with Crippen LogP contribution >= 0.6 is 11.6 Å². The lowest BCUT2D eigenvalue weighted by Gasteiger charge is -2.17. The van der Waals surface area contributed by atoms with E-state index < -0.39 is 0 Å². The molecule has 3 aromatic carbocycles. The molecule has 0 amide bonds. The van der Waals surface area contributed by atoms with E-state index in [1.54, 1.807) is 16.6 Å². The summed E-state index contributed by atoms with van der Waals surface area (Å²) >= 11 is 6.17. The lowest BCUT2D eigenvalue weighted by atomic mass is 10.1. The van der Waals surface area contributed by atoms with Crippen LogP contribution in [0.15, 0.2) is 72.8 Å². The molecule has 0 aliphatic rings. The van der Waals surface area contributed by atoms with Crippen LogP contribution < -0.4 is 5.32 Å². The SMILES string of the molecule is C[C@H](Nc1nc2c(-c3cccc(Cl)c3)nnn2c2ccccc12)c1ccc(F)cc1. The van der Waals surface area contributed by atoms with E-state index >= 15 is 0 Å². The summed E-state index contributed by atoms with van der Waals surface area (Å²) in [6.45, 7) is 2.01. The van der Waals surface area contributed by atoms with Crippen LogP contribution in [0.5, 0.6) is 0 Å². The fourth-order valence-electron chi connectivity index (χ4n) is 3.54. The number of nitrogens with zero attached hydrogens (tertiary/aromatic N) is 4. The predicted octanol–water partition coefficient (Wildman–Crippen LogP) is 5.91. The number of fused-ring (bicyclic) bond motifs is 3. The Hall–Kier alpha value is -3.51. The van der Waals surface area contributed by atoms with Crippen LogP contribution in [-0.4, -0.2) is 19.8 Å². The van der Waals surface area contributed by atoms with Gasteiger partial charge in [-0.05, 0) is 48.9 Å². The molecule has 0 spiro atoms. The quantitative estimate of drug-likeness (QED) is 0.395. The second kappa shape index (κ2) is 7.39. The zero-order valence-electron chi connectivity index (χ0n) is 16.1. The molecule has 0 radical (unpaired) electrons. The molecule has 0 unspecified atom stereocenters. The first kappa shape index (κ1) is 18.5. The maximum atomic E-state index is 13.3. The number of aromatic nitrogens is 4. The summed E-state index contributed by atoms with van der Waals surface area (Å²) < 4.78 is 15.0. The third-order valence-electron chi connectivity index (χ3n) is 5.07. The highest BCUT2D eigenvalue weighted by atomic mass is 35.5. The van der Waals surface area contributed by atoms with Crippen LogP contribution in [0.2, 0.25) is 5.02 Å². The Morgan fingerprint density at radius 2 is 1.80 bits per heavy atom. The molecule has 1 atom stereocenters. The smallest absolute Gasteiger partial charge is 0.186 e. The topological polar surface area (TPSA) is 55.1 Å². The predicted molar refractivity (Wildman–Crippen MR) is 117 cm³/mol. The maximum absolute atomic E-state index is 13.3. The molecule has 5 nitrogen and oxygen atoms in total. The molecule has 2 aromatic heterocycles. The van der Waals surface area contributed by atoms with E-state index in [1.807, 2.05) is 55.5 Å². The summed E-state index contributed by atoms with van der Waals surface area (Å²) in [5.41, 5.74) is 3.98. The highest BCUT2D eigenvalue weighted by Gasteiger charge is 2.17. The summed E-state index contributed by atoms with van der Waals surface area (Å²) in [4.78, 5) is 4.86. The molecule has 0 aliphatic heterocycles. The van der Waals surface area contributed by atoms with E-state index in [9.17, 15) is 4.39 Å². The van der Waals surface area contributed by atoms with Crippen molar-refractivity contribution in [2.45, 2.75) is 13.0 Å². The van der Waals surface area contributed by atoms with Crippen molar-refractivity contribution in [3.63, 3.8) is 0 Å². The normalized spacial score (nSPS) is 12.4. The van der Waals surface area contributed by atoms with Crippen LogP contribution in [0.3, 0.4) is 0 Å². The summed E-state index contributed by atoms with van der Waals surface area (Å²) in [6.07, 6.45) is 0. The minimum atomic E-state index is -0.257. The Morgan fingerprint density at radius 1 is 1.00 bits per heavy atom. The Bertz CT molecular complexity index is 1360. The zero-order valence-corrected chi connectivity index (χ0v) is 16.8. The van der Waals surface area contributed by atoms with E-state index in [-0.39, 0.29) is 11.9 Å². The molecule has 0 aliphatic carbocycles. The van der Waals surface area contributed by atoms with Gasteiger partial charge in [0.1, 0.15) is 17.3 Å². The average molecular weight is 418 g/mol. The number of hydrogen-bond donors (Lipinski definition) is 1. The van der Waals surface area contributed by atoms with Gasteiger partial charge >= 0.3 is 0 Å². The van der Waals surface area contributed by atoms with Gasteiger partial charge in [-0.1, -0.05) is 53.2 Å². The zero-order chi connectivity index (χ0) is 20.7. The molecule has 0 bridgehead atoms. The minimum absolute atomic E-state index is 0.0746. The van der Waals surface area contributed by atoms with E-state index in [1.165, 1.54) is 12.1 Å². The molecule has 30 heavy (non-hydrogen) atoms. The van der Waals surface area contributed by atoms with E-state index in [2.05, 4.69) is 15.6 Å². The van der Waals surface area contributed by atoms with Gasteiger partial charge in [0.15, 0.2) is 5.65 Å². The summed E-state index contributed by atoms with van der Waals surface area (Å²) in [5, 5.41) is 13.7. The molecule has 1 N–H and O–H groups in total. The lowest BCUT2D eigenvalue weighted by molar-refractivity contribution is 0.626. The molecule has 2 heterocycles. The second-order valence-electron chi connectivity index (χ2n) is 7.08. The number of anilines is 1. The fraction of sp³-hybridized carbons (Fsp3) is 0.0870. The van der Waals surface area contributed by atoms with Crippen molar-refractivity contribution >= 4 is 34.0 Å². The summed E-state index contributed by atoms with van der Waals surface area (Å²) in [7, 11) is 0. The second-order valence-corrected chi connectivity index (χ2v) is 7.52. The van der Waals surface area contributed by atoms with Crippen molar-refractivity contribution in [1.82, 2.24) is 19.8 Å². The Labute approximate surface area is 177 Å². The number of nitrogens with one attached hydrogen (secondary N) is 1. The van der Waals surface area contributed by atoms with E-state index in [0.717, 1.165) is 22.0 Å². The van der Waals surface area contributed by atoms with E-state index in [4.69, 9.17) is 16.6 Å². The number of benzene rings is 3. The number of rotatable bonds is 4. The van der Waals surface area contributed by atoms with Crippen LogP contribution in [0.1, 0.15) is 18.5 Å². The lowest BCUT2D eigenvalue weighted by Crippen LogP contribution is -2.09. The summed E-state index contributed by atoms with van der Waals surface area (Å²) in [5.74, 6) is 0.452.